The summed E-state index contributed by atoms with van der Waals surface area (Å²) in [6.07, 6.45) is 5.30. The lowest BCUT2D eigenvalue weighted by Crippen LogP contribution is -2.14. The lowest BCUT2D eigenvalue weighted by Gasteiger charge is -2.19. The van der Waals surface area contributed by atoms with Gasteiger partial charge in [-0.1, -0.05) is 23.4 Å². The maximum absolute atomic E-state index is 8.56. The molecular weight excluding hydrogens is 184 g/mol. The molecule has 0 amide bonds. The monoisotopic (exact) mass is 196 g/mol. The summed E-state index contributed by atoms with van der Waals surface area (Å²) in [6, 6.07) is 0. The molecule has 13 heavy (non-hydrogen) atoms. The Hall–Kier alpha value is -0.900. The Kier molecular flexibility index (Phi) is 2.31. The molecule has 0 fully saturated rings. The van der Waals surface area contributed by atoms with Crippen molar-refractivity contribution in [3.8, 4) is 0 Å². The zero-order chi connectivity index (χ0) is 9.26. The Morgan fingerprint density at radius 2 is 2.54 bits per heavy atom. The van der Waals surface area contributed by atoms with E-state index in [0.29, 0.717) is 4.80 Å². The first-order valence-electron chi connectivity index (χ1n) is 4.45. The summed E-state index contributed by atoms with van der Waals surface area (Å²) in [7, 11) is 0. The minimum atomic E-state index is 0.466. The third kappa shape index (κ3) is 1.72. The van der Waals surface area contributed by atoms with E-state index in [1.807, 2.05) is 6.20 Å². The van der Waals surface area contributed by atoms with Gasteiger partial charge in [0.25, 0.3) is 0 Å². The van der Waals surface area contributed by atoms with Crippen molar-refractivity contribution in [3.63, 3.8) is 0 Å². The Bertz CT molecular complexity index is 372. The van der Waals surface area contributed by atoms with Crippen molar-refractivity contribution in [3.05, 3.63) is 21.4 Å². The Labute approximate surface area is 80.8 Å². The van der Waals surface area contributed by atoms with Crippen molar-refractivity contribution >= 4 is 11.3 Å². The summed E-state index contributed by atoms with van der Waals surface area (Å²) >= 11 is 1.50. The van der Waals surface area contributed by atoms with Crippen LogP contribution in [0.4, 0.5) is 0 Å². The fraction of sp³-hybridized carbons (Fsp3) is 0.556. The summed E-state index contributed by atoms with van der Waals surface area (Å²) in [5, 5.41) is 11.7. The van der Waals surface area contributed by atoms with Crippen LogP contribution in [0.2, 0.25) is 0 Å². The Morgan fingerprint density at radius 1 is 1.69 bits per heavy atom. The highest BCUT2D eigenvalue weighted by Crippen LogP contribution is 2.25. The highest BCUT2D eigenvalue weighted by Gasteiger charge is 2.15. The molecule has 1 aliphatic rings. The minimum absolute atomic E-state index is 0.466. The number of aromatic nitrogens is 1. The fourth-order valence-electron chi connectivity index (χ4n) is 1.69. The molecule has 0 radical (unpaired) electrons. The van der Waals surface area contributed by atoms with E-state index in [4.69, 9.17) is 5.21 Å². The highest BCUT2D eigenvalue weighted by atomic mass is 32.1. The second kappa shape index (κ2) is 3.46. The number of hydrogen-bond donors (Lipinski definition) is 1. The number of aryl methyl sites for hydroxylation is 1. The van der Waals surface area contributed by atoms with Crippen molar-refractivity contribution in [2.45, 2.75) is 26.2 Å². The molecule has 0 aromatic carbocycles. The van der Waals surface area contributed by atoms with Gasteiger partial charge < -0.3 is 5.21 Å². The van der Waals surface area contributed by atoms with Gasteiger partial charge in [-0.05, 0) is 30.7 Å². The zero-order valence-corrected chi connectivity index (χ0v) is 8.34. The third-order valence-electron chi connectivity index (χ3n) is 2.42. The molecule has 3 nitrogen and oxygen atoms in total. The van der Waals surface area contributed by atoms with Gasteiger partial charge in [0, 0.05) is 11.1 Å². The molecule has 1 heterocycles. The van der Waals surface area contributed by atoms with Crippen molar-refractivity contribution in [1.82, 2.24) is 4.98 Å². The maximum atomic E-state index is 8.56. The lowest BCUT2D eigenvalue weighted by molar-refractivity contribution is 0.301. The van der Waals surface area contributed by atoms with Gasteiger partial charge in [0.1, 0.15) is 0 Å². The van der Waals surface area contributed by atoms with Crippen molar-refractivity contribution < 1.29 is 5.21 Å². The van der Waals surface area contributed by atoms with Crippen LogP contribution in [-0.4, -0.2) is 10.2 Å². The molecule has 2 rings (SSSR count). The van der Waals surface area contributed by atoms with Crippen molar-refractivity contribution in [2.24, 2.45) is 11.1 Å². The van der Waals surface area contributed by atoms with E-state index in [1.54, 1.807) is 0 Å². The summed E-state index contributed by atoms with van der Waals surface area (Å²) in [5.74, 6) is 0.762. The van der Waals surface area contributed by atoms with Crippen molar-refractivity contribution in [1.29, 1.82) is 0 Å². The van der Waals surface area contributed by atoms with E-state index < -0.39 is 0 Å². The van der Waals surface area contributed by atoms with E-state index in [1.165, 1.54) is 28.2 Å². The summed E-state index contributed by atoms with van der Waals surface area (Å²) in [6.45, 7) is 2.26. The number of rotatable bonds is 0. The van der Waals surface area contributed by atoms with E-state index >= 15 is 0 Å². The molecule has 0 saturated carbocycles. The zero-order valence-electron chi connectivity index (χ0n) is 7.53. The number of hydrogen-bond acceptors (Lipinski definition) is 4. The van der Waals surface area contributed by atoms with Crippen LogP contribution in [-0.2, 0) is 12.8 Å². The molecule has 0 aliphatic heterocycles. The van der Waals surface area contributed by atoms with Crippen LogP contribution in [0.1, 0.15) is 23.8 Å². The van der Waals surface area contributed by atoms with Crippen LogP contribution in [0, 0.1) is 5.92 Å². The standard InChI is InChI=1S/C9H12N2OS/c1-6-2-3-8-7(4-6)5-10-9(11-12)13-8/h5-6,12H,2-4H2,1H3/b11-9+. The van der Waals surface area contributed by atoms with Gasteiger partial charge in [-0.2, -0.15) is 0 Å². The molecule has 0 spiro atoms. The van der Waals surface area contributed by atoms with Gasteiger partial charge in [0.05, 0.1) is 0 Å². The number of nitrogens with zero attached hydrogens (tertiary/aromatic N) is 2. The average Bonchev–Trinajstić information content (AvgIpc) is 2.17. The molecule has 1 aromatic rings. The van der Waals surface area contributed by atoms with Crippen LogP contribution in [0.5, 0.6) is 0 Å². The van der Waals surface area contributed by atoms with Crippen LogP contribution in [0.3, 0.4) is 0 Å². The molecule has 1 unspecified atom stereocenters. The van der Waals surface area contributed by atoms with Gasteiger partial charge in [0.2, 0.25) is 4.80 Å². The third-order valence-corrected chi connectivity index (χ3v) is 3.50. The second-order valence-corrected chi connectivity index (χ2v) is 4.60. The van der Waals surface area contributed by atoms with Gasteiger partial charge in [0.15, 0.2) is 0 Å². The molecular formula is C9H12N2OS. The molecule has 0 bridgehead atoms. The minimum Gasteiger partial charge on any atom is -0.408 e. The molecule has 1 aromatic heterocycles. The molecule has 0 saturated heterocycles. The van der Waals surface area contributed by atoms with Crippen LogP contribution < -0.4 is 4.80 Å². The molecule has 1 atom stereocenters. The topological polar surface area (TPSA) is 45.5 Å². The van der Waals surface area contributed by atoms with E-state index in [0.717, 1.165) is 18.8 Å². The van der Waals surface area contributed by atoms with Gasteiger partial charge in [-0.3, -0.25) is 0 Å². The summed E-state index contributed by atoms with van der Waals surface area (Å²) in [5.41, 5.74) is 1.33. The fourth-order valence-corrected chi connectivity index (χ4v) is 2.54. The lowest BCUT2D eigenvalue weighted by atomic mass is 9.90. The summed E-state index contributed by atoms with van der Waals surface area (Å²) in [4.78, 5) is 5.85. The molecule has 1 aliphatic carbocycles. The number of fused-ring (bicyclic) bond motifs is 1. The van der Waals surface area contributed by atoms with E-state index in [2.05, 4.69) is 17.1 Å². The van der Waals surface area contributed by atoms with Crippen LogP contribution in [0.25, 0.3) is 0 Å². The first kappa shape index (κ1) is 8.69. The first-order valence-corrected chi connectivity index (χ1v) is 5.27. The van der Waals surface area contributed by atoms with Crippen LogP contribution in [0.15, 0.2) is 11.4 Å². The molecule has 70 valence electrons. The van der Waals surface area contributed by atoms with Crippen LogP contribution >= 0.6 is 11.3 Å². The second-order valence-electron chi connectivity index (χ2n) is 3.54. The SMILES string of the molecule is CC1CCc2s/c(=N/O)ncc2C1. The largest absolute Gasteiger partial charge is 0.408 e. The Morgan fingerprint density at radius 3 is 3.31 bits per heavy atom. The van der Waals surface area contributed by atoms with E-state index in [9.17, 15) is 0 Å². The molecule has 4 heteroatoms. The smallest absolute Gasteiger partial charge is 0.246 e. The quantitative estimate of drug-likeness (QED) is 0.505. The van der Waals surface area contributed by atoms with Gasteiger partial charge in [-0.25, -0.2) is 4.98 Å². The average molecular weight is 196 g/mol. The van der Waals surface area contributed by atoms with Crippen molar-refractivity contribution in [2.75, 3.05) is 0 Å². The predicted molar refractivity (Wildman–Crippen MR) is 50.7 cm³/mol. The highest BCUT2D eigenvalue weighted by molar-refractivity contribution is 7.09. The van der Waals surface area contributed by atoms with E-state index in [-0.39, 0.29) is 0 Å². The maximum Gasteiger partial charge on any atom is 0.246 e. The summed E-state index contributed by atoms with van der Waals surface area (Å²) < 4.78 is 0. The normalized spacial score (nSPS) is 22.8. The first-order chi connectivity index (χ1) is 6.29. The Balaban J connectivity index is 2.43. The van der Waals surface area contributed by atoms with Gasteiger partial charge >= 0.3 is 0 Å². The predicted octanol–water partition coefficient (Wildman–Crippen LogP) is 1.56. The van der Waals surface area contributed by atoms with Gasteiger partial charge in [-0.15, -0.1) is 0 Å². The molecule has 1 N–H and O–H groups in total.